The lowest BCUT2D eigenvalue weighted by molar-refractivity contribution is -0.671. The number of hydrogen-bond donors (Lipinski definition) is 0. The molecular formula is C27H23BN3+. The van der Waals surface area contributed by atoms with Gasteiger partial charge in [0.1, 0.15) is 5.69 Å². The molecule has 7 rings (SSSR count). The molecule has 4 heterocycles. The van der Waals surface area contributed by atoms with Crippen molar-refractivity contribution in [1.82, 2.24) is 0 Å². The number of rotatable bonds is 2. The van der Waals surface area contributed by atoms with E-state index in [1.807, 2.05) is 0 Å². The number of nitrogens with zero attached hydrogens (tertiary/aromatic N) is 3. The van der Waals surface area contributed by atoms with E-state index in [9.17, 15) is 0 Å². The van der Waals surface area contributed by atoms with Crippen molar-refractivity contribution >= 4 is 35.2 Å². The standard InChI is InChI=1S/C27H23BN3/c1-18(2)21-15-16-29-17-19-9-8-12-22-25(19)27(29)26(21)31-24-14-7-6-13-23(24)30(28(22)31)20-10-4-3-5-11-20/h3-16,18H,17H2,1-2H3/q+1. The van der Waals surface area contributed by atoms with Gasteiger partial charge in [-0.2, -0.15) is 4.57 Å². The molecule has 3 aliphatic rings. The molecule has 0 saturated carbocycles. The van der Waals surface area contributed by atoms with Crippen LogP contribution in [-0.2, 0) is 6.54 Å². The second-order valence-corrected chi connectivity index (χ2v) is 9.07. The average molecular weight is 400 g/mol. The number of aromatic nitrogens is 1. The Hall–Kier alpha value is -3.53. The number of anilines is 4. The van der Waals surface area contributed by atoms with Gasteiger partial charge in [0.25, 0.3) is 0 Å². The first-order valence-corrected chi connectivity index (χ1v) is 11.1. The van der Waals surface area contributed by atoms with Gasteiger partial charge in [0.15, 0.2) is 12.7 Å². The highest BCUT2D eigenvalue weighted by molar-refractivity contribution is 6.86. The Bertz CT molecular complexity index is 1360. The molecule has 0 radical (unpaired) electrons. The van der Waals surface area contributed by atoms with Gasteiger partial charge in [-0.1, -0.05) is 62.4 Å². The second-order valence-electron chi connectivity index (χ2n) is 9.07. The number of hydrogen-bond acceptors (Lipinski definition) is 2. The minimum Gasteiger partial charge on any atom is -0.360 e. The zero-order valence-electron chi connectivity index (χ0n) is 17.8. The summed E-state index contributed by atoms with van der Waals surface area (Å²) in [5, 5.41) is 0. The molecule has 0 aliphatic carbocycles. The van der Waals surface area contributed by atoms with Crippen LogP contribution in [0.4, 0.5) is 22.7 Å². The molecule has 0 N–H and O–H groups in total. The Kier molecular flexibility index (Phi) is 3.33. The van der Waals surface area contributed by atoms with Crippen LogP contribution in [-0.4, -0.2) is 6.98 Å². The summed E-state index contributed by atoms with van der Waals surface area (Å²) >= 11 is 0. The van der Waals surface area contributed by atoms with Crippen LogP contribution in [0.15, 0.2) is 85.1 Å². The third-order valence-electron chi connectivity index (χ3n) is 7.04. The average Bonchev–Trinajstić information content (AvgIpc) is 3.35. The minimum absolute atomic E-state index is 0.119. The van der Waals surface area contributed by atoms with Crippen LogP contribution >= 0.6 is 0 Å². The Labute approximate surface area is 183 Å². The van der Waals surface area contributed by atoms with Gasteiger partial charge in [-0.15, -0.1) is 0 Å². The van der Waals surface area contributed by atoms with Crippen LogP contribution in [0.3, 0.4) is 0 Å². The molecule has 0 fully saturated rings. The van der Waals surface area contributed by atoms with E-state index in [0.717, 1.165) is 6.54 Å². The fourth-order valence-corrected chi connectivity index (χ4v) is 5.79. The largest absolute Gasteiger partial charge is 0.421 e. The highest BCUT2D eigenvalue weighted by Crippen LogP contribution is 2.53. The molecule has 0 unspecified atom stereocenters. The third kappa shape index (κ3) is 2.12. The van der Waals surface area contributed by atoms with Crippen molar-refractivity contribution in [3.8, 4) is 11.3 Å². The lowest BCUT2D eigenvalue weighted by atomic mass is 9.59. The summed E-state index contributed by atoms with van der Waals surface area (Å²) in [6, 6.07) is 28.9. The van der Waals surface area contributed by atoms with Crippen LogP contribution < -0.4 is 19.7 Å². The van der Waals surface area contributed by atoms with Gasteiger partial charge in [-0.3, -0.25) is 0 Å². The normalized spacial score (nSPS) is 14.7. The molecule has 3 nitrogen and oxygen atoms in total. The van der Waals surface area contributed by atoms with Gasteiger partial charge in [-0.25, -0.2) is 0 Å². The van der Waals surface area contributed by atoms with Gasteiger partial charge in [0.2, 0.25) is 5.69 Å². The van der Waals surface area contributed by atoms with Gasteiger partial charge in [0.05, 0.1) is 16.9 Å². The summed E-state index contributed by atoms with van der Waals surface area (Å²) in [5.41, 5.74) is 12.3. The van der Waals surface area contributed by atoms with Crippen LogP contribution in [0.1, 0.15) is 30.9 Å². The van der Waals surface area contributed by atoms with E-state index in [1.165, 1.54) is 50.6 Å². The molecule has 0 spiro atoms. The molecule has 0 saturated heterocycles. The van der Waals surface area contributed by atoms with Crippen molar-refractivity contribution in [2.75, 3.05) is 9.62 Å². The van der Waals surface area contributed by atoms with Crippen molar-refractivity contribution in [1.29, 1.82) is 0 Å². The van der Waals surface area contributed by atoms with E-state index >= 15 is 0 Å². The lowest BCUT2D eigenvalue weighted by Crippen LogP contribution is -2.56. The SMILES string of the molecule is CC(C)c1cc[n+]2c3c1N1B(c4cccc(c4-3)C2)N(c2ccccc2)c2ccccc21. The lowest BCUT2D eigenvalue weighted by Gasteiger charge is -2.35. The van der Waals surface area contributed by atoms with Crippen LogP contribution in [0, 0.1) is 0 Å². The maximum atomic E-state index is 2.60. The first-order valence-electron chi connectivity index (χ1n) is 11.1. The molecule has 0 atom stereocenters. The topological polar surface area (TPSA) is 10.4 Å². The molecule has 3 aliphatic heterocycles. The number of pyridine rings is 1. The molecule has 0 amide bonds. The Morgan fingerprint density at radius 3 is 2.32 bits per heavy atom. The van der Waals surface area contributed by atoms with E-state index in [4.69, 9.17) is 0 Å². The molecule has 148 valence electrons. The zero-order chi connectivity index (χ0) is 20.7. The summed E-state index contributed by atoms with van der Waals surface area (Å²) < 4.78 is 2.44. The molecule has 0 bridgehead atoms. The number of benzene rings is 3. The molecular weight excluding hydrogens is 377 g/mol. The van der Waals surface area contributed by atoms with Crippen LogP contribution in [0.2, 0.25) is 0 Å². The second kappa shape index (κ2) is 6.01. The molecule has 4 heteroatoms. The van der Waals surface area contributed by atoms with E-state index < -0.39 is 0 Å². The fourth-order valence-electron chi connectivity index (χ4n) is 5.79. The summed E-state index contributed by atoms with van der Waals surface area (Å²) in [7, 11) is 0. The molecule has 1 aromatic heterocycles. The van der Waals surface area contributed by atoms with E-state index in [1.54, 1.807) is 0 Å². The van der Waals surface area contributed by atoms with Gasteiger partial charge < -0.3 is 9.62 Å². The van der Waals surface area contributed by atoms with Crippen molar-refractivity contribution in [2.24, 2.45) is 0 Å². The van der Waals surface area contributed by atoms with Crippen molar-refractivity contribution in [3.63, 3.8) is 0 Å². The zero-order valence-corrected chi connectivity index (χ0v) is 17.8. The molecule has 4 aromatic rings. The Morgan fingerprint density at radius 1 is 0.806 bits per heavy atom. The van der Waals surface area contributed by atoms with Crippen molar-refractivity contribution in [2.45, 2.75) is 26.3 Å². The van der Waals surface area contributed by atoms with Gasteiger partial charge >= 0.3 is 6.98 Å². The van der Waals surface area contributed by atoms with Crippen molar-refractivity contribution in [3.05, 3.63) is 96.2 Å². The highest BCUT2D eigenvalue weighted by Gasteiger charge is 2.53. The van der Waals surface area contributed by atoms with E-state index in [2.05, 4.69) is 113 Å². The number of para-hydroxylation sites is 3. The van der Waals surface area contributed by atoms with Crippen LogP contribution in [0.5, 0.6) is 0 Å². The van der Waals surface area contributed by atoms with E-state index in [-0.39, 0.29) is 6.98 Å². The van der Waals surface area contributed by atoms with Crippen LogP contribution in [0.25, 0.3) is 11.3 Å². The first-order chi connectivity index (χ1) is 15.2. The summed E-state index contributed by atoms with van der Waals surface area (Å²) in [5.74, 6) is 0.453. The predicted octanol–water partition coefficient (Wildman–Crippen LogP) is 5.12. The van der Waals surface area contributed by atoms with E-state index in [0.29, 0.717) is 5.92 Å². The van der Waals surface area contributed by atoms with Gasteiger partial charge in [0, 0.05) is 17.3 Å². The number of fused-ring (bicyclic) bond motifs is 5. The fraction of sp³-hybridized carbons (Fsp3) is 0.148. The highest BCUT2D eigenvalue weighted by atomic mass is 15.3. The maximum absolute atomic E-state index is 2.60. The summed E-state index contributed by atoms with van der Waals surface area (Å²) in [6.07, 6.45) is 2.29. The first kappa shape index (κ1) is 17.2. The summed E-state index contributed by atoms with van der Waals surface area (Å²) in [6.45, 7) is 5.70. The predicted molar refractivity (Wildman–Crippen MR) is 128 cm³/mol. The Balaban J connectivity index is 1.62. The minimum atomic E-state index is 0.119. The molecule has 3 aromatic carbocycles. The smallest absolute Gasteiger partial charge is 0.360 e. The Morgan fingerprint density at radius 2 is 1.55 bits per heavy atom. The maximum Gasteiger partial charge on any atom is 0.421 e. The van der Waals surface area contributed by atoms with Gasteiger partial charge in [-0.05, 0) is 41.2 Å². The third-order valence-corrected chi connectivity index (χ3v) is 7.04. The monoisotopic (exact) mass is 400 g/mol. The summed E-state index contributed by atoms with van der Waals surface area (Å²) in [4.78, 5) is 5.12. The quantitative estimate of drug-likeness (QED) is 0.301. The molecule has 31 heavy (non-hydrogen) atoms. The van der Waals surface area contributed by atoms with Crippen molar-refractivity contribution < 1.29 is 4.57 Å².